The molecule has 1 amide bonds. The van der Waals surface area contributed by atoms with E-state index in [1.165, 1.54) is 17.8 Å². The van der Waals surface area contributed by atoms with Gasteiger partial charge in [-0.15, -0.1) is 10.2 Å². The van der Waals surface area contributed by atoms with Gasteiger partial charge in [0.2, 0.25) is 5.91 Å². The summed E-state index contributed by atoms with van der Waals surface area (Å²) in [6.45, 7) is 8.78. The van der Waals surface area contributed by atoms with Crippen LogP contribution in [0.15, 0.2) is 41.6 Å². The van der Waals surface area contributed by atoms with Crippen molar-refractivity contribution in [2.75, 3.05) is 29.1 Å². The fourth-order valence-corrected chi connectivity index (χ4v) is 5.01. The third kappa shape index (κ3) is 4.84. The minimum Gasteiger partial charge on any atom is -0.372 e. The highest BCUT2D eigenvalue weighted by Gasteiger charge is 2.22. The number of carbonyl (C=O) groups excluding carboxylic acids is 2. The SMILES string of the molecule is CCN(CC)c1ccc(-c2nnc(SCC(=O)c3cc4c(cc3F)NC(=O)CC4)n2CC)cc1. The van der Waals surface area contributed by atoms with Crippen LogP contribution < -0.4 is 10.2 Å². The van der Waals surface area contributed by atoms with Gasteiger partial charge in [0.05, 0.1) is 11.3 Å². The first-order valence-corrected chi connectivity index (χ1v) is 12.5. The van der Waals surface area contributed by atoms with Crippen molar-refractivity contribution in [3.8, 4) is 11.4 Å². The van der Waals surface area contributed by atoms with Crippen molar-refractivity contribution in [3.63, 3.8) is 0 Å². The lowest BCUT2D eigenvalue weighted by Gasteiger charge is -2.21. The molecule has 3 aromatic rings. The molecule has 9 heteroatoms. The summed E-state index contributed by atoms with van der Waals surface area (Å²) in [6.07, 6.45) is 0.828. The number of nitrogens with zero attached hydrogens (tertiary/aromatic N) is 4. The van der Waals surface area contributed by atoms with Gasteiger partial charge in [-0.25, -0.2) is 4.39 Å². The van der Waals surface area contributed by atoms with E-state index in [0.29, 0.717) is 30.2 Å². The van der Waals surface area contributed by atoms with Crippen molar-refractivity contribution in [2.24, 2.45) is 0 Å². The van der Waals surface area contributed by atoms with Crippen molar-refractivity contribution in [1.82, 2.24) is 14.8 Å². The van der Waals surface area contributed by atoms with Crippen LogP contribution in [0.3, 0.4) is 0 Å². The lowest BCUT2D eigenvalue weighted by atomic mass is 9.98. The molecule has 0 bridgehead atoms. The van der Waals surface area contributed by atoms with Gasteiger partial charge in [-0.05, 0) is 69.2 Å². The fourth-order valence-electron chi connectivity index (χ4n) is 4.13. The van der Waals surface area contributed by atoms with Crippen LogP contribution in [-0.2, 0) is 17.8 Å². The lowest BCUT2D eigenvalue weighted by molar-refractivity contribution is -0.116. The molecule has 178 valence electrons. The van der Waals surface area contributed by atoms with Gasteiger partial charge in [0.15, 0.2) is 16.8 Å². The summed E-state index contributed by atoms with van der Waals surface area (Å²) in [7, 11) is 0. The van der Waals surface area contributed by atoms with Crippen molar-refractivity contribution >= 4 is 34.8 Å². The molecule has 1 aliphatic heterocycles. The number of carbonyl (C=O) groups is 2. The molecular formula is C25H28FN5O2S. The molecule has 2 heterocycles. The zero-order chi connectivity index (χ0) is 24.2. The topological polar surface area (TPSA) is 80.1 Å². The average Bonchev–Trinajstić information content (AvgIpc) is 3.26. The molecule has 4 rings (SSSR count). The number of hydrogen-bond donors (Lipinski definition) is 1. The standard InChI is InChI=1S/C25H28FN5O2S/c1-4-30(5-2)18-10-7-16(8-11-18)24-28-29-25(31(24)6-3)34-15-22(32)19-13-17-9-12-23(33)27-21(17)14-20(19)26/h7-8,10-11,13-14H,4-6,9,12,15H2,1-3H3,(H,27,33). The van der Waals surface area contributed by atoms with Crippen LogP contribution in [-0.4, -0.2) is 45.3 Å². The maximum Gasteiger partial charge on any atom is 0.224 e. The Hall–Kier alpha value is -3.20. The van der Waals surface area contributed by atoms with Crippen molar-refractivity contribution in [1.29, 1.82) is 0 Å². The van der Waals surface area contributed by atoms with Gasteiger partial charge in [0.1, 0.15) is 5.82 Å². The third-order valence-electron chi connectivity index (χ3n) is 6.01. The number of benzene rings is 2. The fraction of sp³-hybridized carbons (Fsp3) is 0.360. The number of Topliss-reactive ketones (excluding diaryl/α,β-unsaturated/α-hetero) is 1. The number of rotatable bonds is 9. The van der Waals surface area contributed by atoms with Gasteiger partial charge in [-0.1, -0.05) is 11.8 Å². The number of hydrogen-bond acceptors (Lipinski definition) is 6. The maximum absolute atomic E-state index is 14.6. The summed E-state index contributed by atoms with van der Waals surface area (Å²) in [6, 6.07) is 11.0. The second kappa shape index (κ2) is 10.4. The Morgan fingerprint density at radius 2 is 1.85 bits per heavy atom. The number of thioether (sulfide) groups is 1. The lowest BCUT2D eigenvalue weighted by Crippen LogP contribution is -2.21. The molecule has 2 aromatic carbocycles. The molecule has 0 radical (unpaired) electrons. The van der Waals surface area contributed by atoms with E-state index in [1.54, 1.807) is 6.07 Å². The van der Waals surface area contributed by atoms with Gasteiger partial charge >= 0.3 is 0 Å². The van der Waals surface area contributed by atoms with Crippen LogP contribution in [0.1, 0.15) is 43.1 Å². The van der Waals surface area contributed by atoms with Gasteiger partial charge < -0.3 is 14.8 Å². The van der Waals surface area contributed by atoms with E-state index in [1.807, 2.05) is 23.6 Å². The molecule has 34 heavy (non-hydrogen) atoms. The second-order valence-corrected chi connectivity index (χ2v) is 8.96. The highest BCUT2D eigenvalue weighted by Crippen LogP contribution is 2.29. The summed E-state index contributed by atoms with van der Waals surface area (Å²) in [5.41, 5.74) is 3.37. The Morgan fingerprint density at radius 1 is 1.12 bits per heavy atom. The summed E-state index contributed by atoms with van der Waals surface area (Å²) in [5, 5.41) is 11.9. The van der Waals surface area contributed by atoms with Crippen LogP contribution in [0.25, 0.3) is 11.4 Å². The zero-order valence-electron chi connectivity index (χ0n) is 19.6. The monoisotopic (exact) mass is 481 g/mol. The predicted octanol–water partition coefficient (Wildman–Crippen LogP) is 4.81. The molecule has 1 aliphatic rings. The number of fused-ring (bicyclic) bond motifs is 1. The molecule has 0 saturated carbocycles. The molecule has 0 aliphatic carbocycles. The Bertz CT molecular complexity index is 1200. The van der Waals surface area contributed by atoms with E-state index in [-0.39, 0.29) is 23.0 Å². The van der Waals surface area contributed by atoms with Crippen LogP contribution >= 0.6 is 11.8 Å². The molecule has 0 atom stereocenters. The summed E-state index contributed by atoms with van der Waals surface area (Å²) < 4.78 is 16.5. The summed E-state index contributed by atoms with van der Waals surface area (Å²) in [5.74, 6) is -0.310. The number of amides is 1. The van der Waals surface area contributed by atoms with Crippen LogP contribution in [0.4, 0.5) is 15.8 Å². The van der Waals surface area contributed by atoms with E-state index < -0.39 is 5.82 Å². The first-order valence-electron chi connectivity index (χ1n) is 11.5. The first-order chi connectivity index (χ1) is 16.4. The minimum atomic E-state index is -0.627. The smallest absolute Gasteiger partial charge is 0.224 e. The quantitative estimate of drug-likeness (QED) is 0.349. The normalized spacial score (nSPS) is 12.9. The van der Waals surface area contributed by atoms with Gasteiger partial charge in [-0.3, -0.25) is 9.59 Å². The molecule has 0 spiro atoms. The van der Waals surface area contributed by atoms with E-state index in [2.05, 4.69) is 46.4 Å². The van der Waals surface area contributed by atoms with Crippen molar-refractivity contribution < 1.29 is 14.0 Å². The first kappa shape index (κ1) is 23.9. The van der Waals surface area contributed by atoms with Gasteiger partial charge in [-0.2, -0.15) is 0 Å². The van der Waals surface area contributed by atoms with Gasteiger partial charge in [0, 0.05) is 43.0 Å². The summed E-state index contributed by atoms with van der Waals surface area (Å²) >= 11 is 1.25. The Labute approximate surface area is 202 Å². The molecular weight excluding hydrogens is 453 g/mol. The molecule has 1 N–H and O–H groups in total. The number of halogens is 1. The van der Waals surface area contributed by atoms with Crippen molar-refractivity contribution in [3.05, 3.63) is 53.3 Å². The number of nitrogens with one attached hydrogen (secondary N) is 1. The largest absolute Gasteiger partial charge is 0.372 e. The number of anilines is 2. The highest BCUT2D eigenvalue weighted by molar-refractivity contribution is 7.99. The van der Waals surface area contributed by atoms with E-state index in [0.717, 1.165) is 35.7 Å². The molecule has 7 nitrogen and oxygen atoms in total. The Kier molecular flexibility index (Phi) is 7.31. The second-order valence-electron chi connectivity index (χ2n) is 8.02. The van der Waals surface area contributed by atoms with Crippen LogP contribution in [0.5, 0.6) is 0 Å². The van der Waals surface area contributed by atoms with Gasteiger partial charge in [0.25, 0.3) is 0 Å². The molecule has 0 saturated heterocycles. The van der Waals surface area contributed by atoms with E-state index in [9.17, 15) is 14.0 Å². The third-order valence-corrected chi connectivity index (χ3v) is 6.98. The zero-order valence-corrected chi connectivity index (χ0v) is 20.4. The molecule has 0 unspecified atom stereocenters. The number of ketones is 1. The highest BCUT2D eigenvalue weighted by atomic mass is 32.2. The Balaban J connectivity index is 1.49. The molecule has 0 fully saturated rings. The minimum absolute atomic E-state index is 0.0391. The number of aromatic nitrogens is 3. The van der Waals surface area contributed by atoms with Crippen LogP contribution in [0.2, 0.25) is 0 Å². The maximum atomic E-state index is 14.6. The predicted molar refractivity (Wildman–Crippen MR) is 133 cm³/mol. The van der Waals surface area contributed by atoms with E-state index >= 15 is 0 Å². The Morgan fingerprint density at radius 3 is 2.53 bits per heavy atom. The average molecular weight is 482 g/mol. The van der Waals surface area contributed by atoms with Crippen molar-refractivity contribution in [2.45, 2.75) is 45.3 Å². The van der Waals surface area contributed by atoms with E-state index in [4.69, 9.17) is 0 Å². The number of aryl methyl sites for hydroxylation is 1. The summed E-state index contributed by atoms with van der Waals surface area (Å²) in [4.78, 5) is 26.6. The molecule has 1 aromatic heterocycles. The van der Waals surface area contributed by atoms with Crippen LogP contribution in [0, 0.1) is 5.82 Å².